The molecule has 3 atom stereocenters. The minimum absolute atomic E-state index is 0.440. The highest BCUT2D eigenvalue weighted by Crippen LogP contribution is 2.29. The number of benzene rings is 1. The van der Waals surface area contributed by atoms with E-state index in [-0.39, 0.29) is 0 Å². The zero-order valence-electron chi connectivity index (χ0n) is 12.2. The smallest absolute Gasteiger partial charge is 0.119 e. The number of aliphatic hydroxyl groups is 1. The summed E-state index contributed by atoms with van der Waals surface area (Å²) in [7, 11) is 1.65. The SMILES string of the molecule is CCC1CCC(C)N1CC(O)c1cccc(OC)c1. The first kappa shape index (κ1) is 14.4. The standard InChI is InChI=1S/C16H25NO2/c1-4-14-9-8-12(2)17(14)11-16(18)13-6-5-7-15(10-13)19-3/h5-7,10,12,14,16,18H,4,8-9,11H2,1-3H3. The molecule has 0 amide bonds. The van der Waals surface area contributed by atoms with Gasteiger partial charge in [-0.2, -0.15) is 0 Å². The average Bonchev–Trinajstić information content (AvgIpc) is 2.79. The molecule has 3 nitrogen and oxygen atoms in total. The second-order valence-electron chi connectivity index (χ2n) is 5.48. The van der Waals surface area contributed by atoms with Crippen LogP contribution in [0.1, 0.15) is 44.8 Å². The summed E-state index contributed by atoms with van der Waals surface area (Å²) in [5.74, 6) is 0.804. The van der Waals surface area contributed by atoms with E-state index in [0.717, 1.165) is 17.7 Å². The summed E-state index contributed by atoms with van der Waals surface area (Å²) in [6, 6.07) is 8.92. The van der Waals surface area contributed by atoms with E-state index in [4.69, 9.17) is 4.74 Å². The molecule has 0 saturated carbocycles. The van der Waals surface area contributed by atoms with Gasteiger partial charge in [0.15, 0.2) is 0 Å². The summed E-state index contributed by atoms with van der Waals surface area (Å²) < 4.78 is 5.21. The van der Waals surface area contributed by atoms with Gasteiger partial charge in [0.05, 0.1) is 13.2 Å². The van der Waals surface area contributed by atoms with E-state index in [1.54, 1.807) is 7.11 Å². The minimum atomic E-state index is -0.440. The van der Waals surface area contributed by atoms with Gasteiger partial charge in [0.25, 0.3) is 0 Å². The van der Waals surface area contributed by atoms with E-state index in [1.165, 1.54) is 12.8 Å². The molecule has 19 heavy (non-hydrogen) atoms. The van der Waals surface area contributed by atoms with Crippen molar-refractivity contribution in [3.63, 3.8) is 0 Å². The highest BCUT2D eigenvalue weighted by atomic mass is 16.5. The third-order valence-electron chi connectivity index (χ3n) is 4.29. The summed E-state index contributed by atoms with van der Waals surface area (Å²) in [4.78, 5) is 2.45. The van der Waals surface area contributed by atoms with E-state index in [2.05, 4.69) is 18.7 Å². The molecule has 0 bridgehead atoms. The van der Waals surface area contributed by atoms with Crippen molar-refractivity contribution in [3.8, 4) is 5.75 Å². The molecule has 1 aliphatic heterocycles. The molecule has 0 spiro atoms. The van der Waals surface area contributed by atoms with Crippen LogP contribution < -0.4 is 4.74 Å². The lowest BCUT2D eigenvalue weighted by molar-refractivity contribution is 0.0858. The minimum Gasteiger partial charge on any atom is -0.497 e. The van der Waals surface area contributed by atoms with Crippen LogP contribution in [0.15, 0.2) is 24.3 Å². The number of nitrogens with zero attached hydrogens (tertiary/aromatic N) is 1. The molecule has 0 aromatic heterocycles. The first-order valence-corrected chi connectivity index (χ1v) is 7.23. The number of aliphatic hydroxyl groups excluding tert-OH is 1. The molecule has 0 radical (unpaired) electrons. The maximum atomic E-state index is 10.4. The number of β-amino-alcohol motifs (C(OH)–C–C–N with tert-alkyl or cyclic N) is 1. The average molecular weight is 263 g/mol. The molecule has 0 aliphatic carbocycles. The van der Waals surface area contributed by atoms with Crippen molar-refractivity contribution in [3.05, 3.63) is 29.8 Å². The van der Waals surface area contributed by atoms with Gasteiger partial charge in [-0.15, -0.1) is 0 Å². The summed E-state index contributed by atoms with van der Waals surface area (Å²) in [5, 5.41) is 10.4. The monoisotopic (exact) mass is 263 g/mol. The lowest BCUT2D eigenvalue weighted by Crippen LogP contribution is -2.37. The zero-order chi connectivity index (χ0) is 13.8. The second-order valence-corrected chi connectivity index (χ2v) is 5.48. The molecule has 1 saturated heterocycles. The number of hydrogen-bond acceptors (Lipinski definition) is 3. The Labute approximate surface area is 116 Å². The van der Waals surface area contributed by atoms with Gasteiger partial charge in [-0.05, 0) is 43.9 Å². The normalized spacial score (nSPS) is 25.5. The Morgan fingerprint density at radius 1 is 1.42 bits per heavy atom. The topological polar surface area (TPSA) is 32.7 Å². The van der Waals surface area contributed by atoms with Crippen molar-refractivity contribution < 1.29 is 9.84 Å². The number of likely N-dealkylation sites (tertiary alicyclic amines) is 1. The quantitative estimate of drug-likeness (QED) is 0.886. The molecule has 1 heterocycles. The molecular weight excluding hydrogens is 238 g/mol. The van der Waals surface area contributed by atoms with Crippen LogP contribution in [0.5, 0.6) is 5.75 Å². The van der Waals surface area contributed by atoms with Crippen molar-refractivity contribution in [2.45, 2.75) is 51.3 Å². The molecule has 3 unspecified atom stereocenters. The van der Waals surface area contributed by atoms with Crippen molar-refractivity contribution in [2.75, 3.05) is 13.7 Å². The van der Waals surface area contributed by atoms with Gasteiger partial charge in [0.1, 0.15) is 5.75 Å². The molecular formula is C16H25NO2. The Kier molecular flexibility index (Phi) is 4.83. The molecule has 106 valence electrons. The van der Waals surface area contributed by atoms with E-state index in [0.29, 0.717) is 18.6 Å². The molecule has 2 rings (SSSR count). The van der Waals surface area contributed by atoms with Gasteiger partial charge in [-0.1, -0.05) is 19.1 Å². The van der Waals surface area contributed by atoms with E-state index >= 15 is 0 Å². The Balaban J connectivity index is 2.05. The lowest BCUT2D eigenvalue weighted by Gasteiger charge is -2.30. The lowest BCUT2D eigenvalue weighted by atomic mass is 10.1. The van der Waals surface area contributed by atoms with Crippen LogP contribution in [0.3, 0.4) is 0 Å². The number of ether oxygens (including phenoxy) is 1. The maximum Gasteiger partial charge on any atom is 0.119 e. The van der Waals surface area contributed by atoms with Crippen molar-refractivity contribution >= 4 is 0 Å². The number of methoxy groups -OCH3 is 1. The van der Waals surface area contributed by atoms with Crippen LogP contribution in [-0.4, -0.2) is 35.7 Å². The Hall–Kier alpha value is -1.06. The molecule has 1 aliphatic rings. The van der Waals surface area contributed by atoms with Gasteiger partial charge >= 0.3 is 0 Å². The van der Waals surface area contributed by atoms with Crippen LogP contribution in [0.25, 0.3) is 0 Å². The van der Waals surface area contributed by atoms with E-state index < -0.39 is 6.10 Å². The molecule has 1 N–H and O–H groups in total. The third kappa shape index (κ3) is 3.28. The predicted octanol–water partition coefficient (Wildman–Crippen LogP) is 2.99. The van der Waals surface area contributed by atoms with Gasteiger partial charge < -0.3 is 9.84 Å². The maximum absolute atomic E-state index is 10.4. The van der Waals surface area contributed by atoms with Crippen molar-refractivity contribution in [1.29, 1.82) is 0 Å². The zero-order valence-corrected chi connectivity index (χ0v) is 12.2. The Morgan fingerprint density at radius 3 is 2.89 bits per heavy atom. The van der Waals surface area contributed by atoms with E-state index in [1.807, 2.05) is 24.3 Å². The summed E-state index contributed by atoms with van der Waals surface area (Å²) in [6.45, 7) is 5.20. The van der Waals surface area contributed by atoms with Crippen molar-refractivity contribution in [1.82, 2.24) is 4.90 Å². The van der Waals surface area contributed by atoms with E-state index in [9.17, 15) is 5.11 Å². The fourth-order valence-corrected chi connectivity index (χ4v) is 3.05. The fraction of sp³-hybridized carbons (Fsp3) is 0.625. The fourth-order valence-electron chi connectivity index (χ4n) is 3.05. The highest BCUT2D eigenvalue weighted by molar-refractivity contribution is 5.30. The molecule has 1 aromatic rings. The van der Waals surface area contributed by atoms with Gasteiger partial charge in [0, 0.05) is 18.6 Å². The van der Waals surface area contributed by atoms with Crippen molar-refractivity contribution in [2.24, 2.45) is 0 Å². The predicted molar refractivity (Wildman–Crippen MR) is 77.4 cm³/mol. The van der Waals surface area contributed by atoms with Crippen LogP contribution >= 0.6 is 0 Å². The molecule has 1 aromatic carbocycles. The van der Waals surface area contributed by atoms with Gasteiger partial charge in [0.2, 0.25) is 0 Å². The first-order valence-electron chi connectivity index (χ1n) is 7.23. The summed E-state index contributed by atoms with van der Waals surface area (Å²) in [6.07, 6.45) is 3.21. The molecule has 3 heteroatoms. The van der Waals surface area contributed by atoms with Crippen LogP contribution in [-0.2, 0) is 0 Å². The third-order valence-corrected chi connectivity index (χ3v) is 4.29. The number of hydrogen-bond donors (Lipinski definition) is 1. The Bertz CT molecular complexity index is 407. The largest absolute Gasteiger partial charge is 0.497 e. The Morgan fingerprint density at radius 2 is 2.21 bits per heavy atom. The number of rotatable bonds is 5. The van der Waals surface area contributed by atoms with Crippen LogP contribution in [0, 0.1) is 0 Å². The molecule has 1 fully saturated rings. The highest BCUT2D eigenvalue weighted by Gasteiger charge is 2.30. The van der Waals surface area contributed by atoms with Crippen LogP contribution in [0.2, 0.25) is 0 Å². The second kappa shape index (κ2) is 6.40. The summed E-state index contributed by atoms with van der Waals surface area (Å²) >= 11 is 0. The van der Waals surface area contributed by atoms with Gasteiger partial charge in [-0.25, -0.2) is 0 Å². The first-order chi connectivity index (χ1) is 9.15. The summed E-state index contributed by atoms with van der Waals surface area (Å²) in [5.41, 5.74) is 0.938. The van der Waals surface area contributed by atoms with Gasteiger partial charge in [-0.3, -0.25) is 4.90 Å². The van der Waals surface area contributed by atoms with Crippen LogP contribution in [0.4, 0.5) is 0 Å².